The molecule has 4 nitrogen and oxygen atoms in total. The Hall–Kier alpha value is -0.610. The predicted molar refractivity (Wildman–Crippen MR) is 80.3 cm³/mol. The van der Waals surface area contributed by atoms with Crippen LogP contribution in [0.25, 0.3) is 0 Å². The van der Waals surface area contributed by atoms with Crippen molar-refractivity contribution in [1.82, 2.24) is 10.2 Å². The average Bonchev–Trinajstić information content (AvgIpc) is 2.28. The SMILES string of the molecule is CCCN(CCC)CC(C)(NC(C)C)C(=O)OCC. The Morgan fingerprint density at radius 3 is 2.11 bits per heavy atom. The second kappa shape index (κ2) is 9.32. The molecule has 0 saturated heterocycles. The van der Waals surface area contributed by atoms with Gasteiger partial charge in [-0.3, -0.25) is 10.1 Å². The van der Waals surface area contributed by atoms with E-state index in [1.54, 1.807) is 0 Å². The van der Waals surface area contributed by atoms with Gasteiger partial charge in [0.25, 0.3) is 0 Å². The lowest BCUT2D eigenvalue weighted by molar-refractivity contribution is -0.151. The molecule has 114 valence electrons. The van der Waals surface area contributed by atoms with Gasteiger partial charge in [0.15, 0.2) is 0 Å². The van der Waals surface area contributed by atoms with E-state index >= 15 is 0 Å². The molecule has 0 amide bonds. The molecule has 1 N–H and O–H groups in total. The molecular weight excluding hydrogens is 240 g/mol. The number of ether oxygens (including phenoxy) is 1. The summed E-state index contributed by atoms with van der Waals surface area (Å²) >= 11 is 0. The van der Waals surface area contributed by atoms with Gasteiger partial charge in [0.1, 0.15) is 5.54 Å². The first kappa shape index (κ1) is 18.4. The van der Waals surface area contributed by atoms with Crippen molar-refractivity contribution in [3.05, 3.63) is 0 Å². The quantitative estimate of drug-likeness (QED) is 0.620. The molecule has 19 heavy (non-hydrogen) atoms. The first-order valence-corrected chi connectivity index (χ1v) is 7.56. The van der Waals surface area contributed by atoms with Crippen LogP contribution in [-0.2, 0) is 9.53 Å². The van der Waals surface area contributed by atoms with Crippen LogP contribution >= 0.6 is 0 Å². The number of rotatable bonds is 10. The average molecular weight is 272 g/mol. The van der Waals surface area contributed by atoms with E-state index in [0.717, 1.165) is 25.9 Å². The lowest BCUT2D eigenvalue weighted by atomic mass is 10.00. The third kappa shape index (κ3) is 6.92. The molecule has 0 aliphatic rings. The van der Waals surface area contributed by atoms with E-state index in [-0.39, 0.29) is 12.0 Å². The molecular formula is C15H32N2O2. The number of carbonyl (C=O) groups excluding carboxylic acids is 1. The molecule has 0 bridgehead atoms. The largest absolute Gasteiger partial charge is 0.465 e. The second-order valence-electron chi connectivity index (χ2n) is 5.63. The molecule has 0 rings (SSSR count). The van der Waals surface area contributed by atoms with Crippen molar-refractivity contribution in [3.8, 4) is 0 Å². The minimum Gasteiger partial charge on any atom is -0.465 e. The molecule has 1 atom stereocenters. The lowest BCUT2D eigenvalue weighted by Crippen LogP contribution is -2.59. The summed E-state index contributed by atoms with van der Waals surface area (Å²) in [4.78, 5) is 14.6. The highest BCUT2D eigenvalue weighted by Crippen LogP contribution is 2.12. The molecule has 0 radical (unpaired) electrons. The summed E-state index contributed by atoms with van der Waals surface area (Å²) in [5.74, 6) is -0.152. The molecule has 0 aromatic rings. The van der Waals surface area contributed by atoms with Gasteiger partial charge in [-0.2, -0.15) is 0 Å². The summed E-state index contributed by atoms with van der Waals surface area (Å²) in [6, 6.07) is 0.250. The molecule has 0 aromatic carbocycles. The van der Waals surface area contributed by atoms with Crippen LogP contribution in [0.5, 0.6) is 0 Å². The second-order valence-corrected chi connectivity index (χ2v) is 5.63. The highest BCUT2D eigenvalue weighted by molar-refractivity contribution is 5.80. The van der Waals surface area contributed by atoms with Crippen molar-refractivity contribution in [2.24, 2.45) is 0 Å². The smallest absolute Gasteiger partial charge is 0.327 e. The summed E-state index contributed by atoms with van der Waals surface area (Å²) in [5.41, 5.74) is -0.630. The normalized spacial score (nSPS) is 14.7. The Balaban J connectivity index is 4.84. The summed E-state index contributed by atoms with van der Waals surface area (Å²) in [5, 5.41) is 3.37. The van der Waals surface area contributed by atoms with E-state index in [4.69, 9.17) is 4.74 Å². The van der Waals surface area contributed by atoms with Crippen molar-refractivity contribution in [3.63, 3.8) is 0 Å². The Morgan fingerprint density at radius 2 is 1.74 bits per heavy atom. The Bertz CT molecular complexity index is 251. The molecule has 0 fully saturated rings. The predicted octanol–water partition coefficient (Wildman–Crippen LogP) is 2.43. The minimum absolute atomic E-state index is 0.152. The number of esters is 1. The van der Waals surface area contributed by atoms with Gasteiger partial charge in [0.2, 0.25) is 0 Å². The molecule has 0 saturated carbocycles. The molecule has 0 aliphatic heterocycles. The summed E-state index contributed by atoms with van der Waals surface area (Å²) < 4.78 is 5.24. The fourth-order valence-electron chi connectivity index (χ4n) is 2.45. The zero-order valence-electron chi connectivity index (χ0n) is 13.6. The van der Waals surface area contributed by atoms with Crippen molar-refractivity contribution in [1.29, 1.82) is 0 Å². The first-order chi connectivity index (χ1) is 8.89. The number of carbonyl (C=O) groups is 1. The van der Waals surface area contributed by atoms with Gasteiger partial charge < -0.3 is 9.64 Å². The van der Waals surface area contributed by atoms with E-state index in [9.17, 15) is 4.79 Å². The van der Waals surface area contributed by atoms with E-state index in [1.165, 1.54) is 0 Å². The van der Waals surface area contributed by atoms with Gasteiger partial charge in [-0.25, -0.2) is 0 Å². The van der Waals surface area contributed by atoms with Crippen LogP contribution in [0.4, 0.5) is 0 Å². The fourth-order valence-corrected chi connectivity index (χ4v) is 2.45. The van der Waals surface area contributed by atoms with Crippen molar-refractivity contribution < 1.29 is 9.53 Å². The highest BCUT2D eigenvalue weighted by Gasteiger charge is 2.36. The third-order valence-electron chi connectivity index (χ3n) is 2.95. The molecule has 1 unspecified atom stereocenters. The Kier molecular flexibility index (Phi) is 9.02. The van der Waals surface area contributed by atoms with Crippen LogP contribution in [-0.4, -0.2) is 48.7 Å². The summed E-state index contributed by atoms with van der Waals surface area (Å²) in [7, 11) is 0. The topological polar surface area (TPSA) is 41.6 Å². The van der Waals surface area contributed by atoms with Gasteiger partial charge in [-0.1, -0.05) is 13.8 Å². The highest BCUT2D eigenvalue weighted by atomic mass is 16.5. The van der Waals surface area contributed by atoms with E-state index < -0.39 is 5.54 Å². The fraction of sp³-hybridized carbons (Fsp3) is 0.933. The number of hydrogen-bond donors (Lipinski definition) is 1. The minimum atomic E-state index is -0.630. The Morgan fingerprint density at radius 1 is 1.21 bits per heavy atom. The van der Waals surface area contributed by atoms with Gasteiger partial charge in [-0.15, -0.1) is 0 Å². The first-order valence-electron chi connectivity index (χ1n) is 7.56. The maximum Gasteiger partial charge on any atom is 0.327 e. The number of nitrogens with zero attached hydrogens (tertiary/aromatic N) is 1. The number of nitrogens with one attached hydrogen (secondary N) is 1. The summed E-state index contributed by atoms with van der Waals surface area (Å²) in [6.07, 6.45) is 2.20. The zero-order chi connectivity index (χ0) is 14.9. The van der Waals surface area contributed by atoms with Crippen LogP contribution < -0.4 is 5.32 Å². The van der Waals surface area contributed by atoms with Gasteiger partial charge in [0, 0.05) is 12.6 Å². The molecule has 0 heterocycles. The van der Waals surface area contributed by atoms with Crippen molar-refractivity contribution in [2.75, 3.05) is 26.2 Å². The third-order valence-corrected chi connectivity index (χ3v) is 2.95. The standard InChI is InChI=1S/C15H32N2O2/c1-7-10-17(11-8-2)12-15(6,16-13(4)5)14(18)19-9-3/h13,16H,7-12H2,1-6H3. The molecule has 0 aromatic heterocycles. The van der Waals surface area contributed by atoms with Crippen LogP contribution in [0.2, 0.25) is 0 Å². The van der Waals surface area contributed by atoms with Crippen molar-refractivity contribution >= 4 is 5.97 Å². The van der Waals surface area contributed by atoms with Gasteiger partial charge in [-0.05, 0) is 53.6 Å². The number of hydrogen-bond acceptors (Lipinski definition) is 4. The van der Waals surface area contributed by atoms with Crippen molar-refractivity contribution in [2.45, 2.75) is 66.0 Å². The lowest BCUT2D eigenvalue weighted by Gasteiger charge is -2.35. The van der Waals surface area contributed by atoms with Crippen LogP contribution in [0.1, 0.15) is 54.4 Å². The zero-order valence-corrected chi connectivity index (χ0v) is 13.6. The maximum atomic E-state index is 12.2. The van der Waals surface area contributed by atoms with Crippen LogP contribution in [0, 0.1) is 0 Å². The van der Waals surface area contributed by atoms with E-state index in [0.29, 0.717) is 13.2 Å². The maximum absolute atomic E-state index is 12.2. The molecule has 0 aliphatic carbocycles. The molecule has 4 heteroatoms. The Labute approximate surface area is 118 Å². The van der Waals surface area contributed by atoms with Crippen LogP contribution in [0.15, 0.2) is 0 Å². The molecule has 0 spiro atoms. The van der Waals surface area contributed by atoms with E-state index in [1.807, 2.05) is 13.8 Å². The van der Waals surface area contributed by atoms with Gasteiger partial charge >= 0.3 is 5.97 Å². The van der Waals surface area contributed by atoms with Gasteiger partial charge in [0.05, 0.1) is 6.61 Å². The van der Waals surface area contributed by atoms with E-state index in [2.05, 4.69) is 37.9 Å². The van der Waals surface area contributed by atoms with Crippen LogP contribution in [0.3, 0.4) is 0 Å². The monoisotopic (exact) mass is 272 g/mol. The summed E-state index contributed by atoms with van der Waals surface area (Å²) in [6.45, 7) is 15.4.